The molecule has 2 atom stereocenters. The fraction of sp³-hybridized carbons (Fsp3) is 0.417. The van der Waals surface area contributed by atoms with Crippen molar-refractivity contribution in [3.63, 3.8) is 0 Å². The molecular weight excluding hydrogens is 208 g/mol. The number of esters is 1. The van der Waals surface area contributed by atoms with Gasteiger partial charge in [0.25, 0.3) is 0 Å². The Morgan fingerprint density at radius 1 is 1.56 bits per heavy atom. The zero-order valence-corrected chi connectivity index (χ0v) is 9.05. The summed E-state index contributed by atoms with van der Waals surface area (Å²) in [6.45, 7) is 2.10. The van der Waals surface area contributed by atoms with Crippen LogP contribution in [0.1, 0.15) is 25.0 Å². The van der Waals surface area contributed by atoms with Crippen LogP contribution in [0.25, 0.3) is 0 Å². The molecule has 0 amide bonds. The van der Waals surface area contributed by atoms with Crippen LogP contribution in [0.4, 0.5) is 0 Å². The molecule has 1 aliphatic rings. The molecule has 4 nitrogen and oxygen atoms in total. The Hall–Kier alpha value is -1.55. The smallest absolute Gasteiger partial charge is 0.347 e. The Morgan fingerprint density at radius 2 is 2.38 bits per heavy atom. The third-order valence-corrected chi connectivity index (χ3v) is 2.51. The summed E-state index contributed by atoms with van der Waals surface area (Å²) in [6, 6.07) is 7.09. The van der Waals surface area contributed by atoms with Crippen LogP contribution < -0.4 is 4.74 Å². The van der Waals surface area contributed by atoms with E-state index in [2.05, 4.69) is 0 Å². The van der Waals surface area contributed by atoms with Crippen LogP contribution in [0.15, 0.2) is 24.3 Å². The maximum atomic E-state index is 11.2. The molecule has 0 aliphatic carbocycles. The average molecular weight is 222 g/mol. The van der Waals surface area contributed by atoms with Crippen molar-refractivity contribution in [2.75, 3.05) is 6.61 Å². The summed E-state index contributed by atoms with van der Waals surface area (Å²) in [7, 11) is 0. The van der Waals surface area contributed by atoms with E-state index in [1.807, 2.05) is 6.07 Å². The highest BCUT2D eigenvalue weighted by atomic mass is 16.6. The first-order chi connectivity index (χ1) is 7.66. The summed E-state index contributed by atoms with van der Waals surface area (Å²) in [4.78, 5) is 11.2. The van der Waals surface area contributed by atoms with Gasteiger partial charge in [-0.25, -0.2) is 4.79 Å². The molecule has 86 valence electrons. The van der Waals surface area contributed by atoms with Gasteiger partial charge in [0.05, 0.1) is 12.7 Å². The first-order valence-corrected chi connectivity index (χ1v) is 5.28. The summed E-state index contributed by atoms with van der Waals surface area (Å²) >= 11 is 0. The number of rotatable bonds is 3. The molecule has 1 N–H and O–H groups in total. The Bertz CT molecular complexity index is 386. The predicted octanol–water partition coefficient (Wildman–Crippen LogP) is 1.43. The molecule has 16 heavy (non-hydrogen) atoms. The number of benzene rings is 1. The van der Waals surface area contributed by atoms with E-state index in [9.17, 15) is 9.90 Å². The van der Waals surface area contributed by atoms with E-state index in [1.54, 1.807) is 25.1 Å². The highest BCUT2D eigenvalue weighted by Crippen LogP contribution is 2.22. The molecule has 0 saturated carbocycles. The molecule has 1 aromatic carbocycles. The Kier molecular flexibility index (Phi) is 3.10. The monoisotopic (exact) mass is 222 g/mol. The number of cyclic esters (lactones) is 1. The molecule has 1 fully saturated rings. The third-order valence-electron chi connectivity index (χ3n) is 2.51. The number of hydrogen-bond donors (Lipinski definition) is 1. The molecular formula is C12H14O4. The minimum absolute atomic E-state index is 0.317. The normalized spacial score (nSPS) is 21.6. The summed E-state index contributed by atoms with van der Waals surface area (Å²) in [6.07, 6.45) is -0.471. The predicted molar refractivity (Wildman–Crippen MR) is 57.1 cm³/mol. The highest BCUT2D eigenvalue weighted by Gasteiger charge is 2.28. The van der Waals surface area contributed by atoms with E-state index in [1.165, 1.54) is 0 Å². The van der Waals surface area contributed by atoms with Crippen LogP contribution in [-0.4, -0.2) is 23.8 Å². The standard InChI is InChI=1S/C12H14O4/c1-8(13)9-3-2-4-10(7-9)16-11-5-6-15-12(11)14/h2-4,7-8,11,13H,5-6H2,1H3/t8-,11?/m1/s1. The lowest BCUT2D eigenvalue weighted by atomic mass is 10.1. The van der Waals surface area contributed by atoms with E-state index in [0.29, 0.717) is 18.8 Å². The van der Waals surface area contributed by atoms with E-state index in [4.69, 9.17) is 9.47 Å². The van der Waals surface area contributed by atoms with Gasteiger partial charge >= 0.3 is 5.97 Å². The summed E-state index contributed by atoms with van der Waals surface area (Å²) < 4.78 is 10.3. The molecule has 1 saturated heterocycles. The summed E-state index contributed by atoms with van der Waals surface area (Å²) in [5.74, 6) is 0.268. The average Bonchev–Trinajstić information content (AvgIpc) is 2.65. The van der Waals surface area contributed by atoms with Crippen molar-refractivity contribution in [2.45, 2.75) is 25.6 Å². The number of aliphatic hydroxyl groups excluding tert-OH is 1. The minimum atomic E-state index is -0.543. The van der Waals surface area contributed by atoms with Crippen molar-refractivity contribution in [1.29, 1.82) is 0 Å². The highest BCUT2D eigenvalue weighted by molar-refractivity contribution is 5.76. The lowest BCUT2D eigenvalue weighted by Crippen LogP contribution is -2.21. The third kappa shape index (κ3) is 2.33. The van der Waals surface area contributed by atoms with Crippen LogP contribution in [0.3, 0.4) is 0 Å². The molecule has 0 radical (unpaired) electrons. The second kappa shape index (κ2) is 4.53. The van der Waals surface area contributed by atoms with Crippen LogP contribution in [0.2, 0.25) is 0 Å². The summed E-state index contributed by atoms with van der Waals surface area (Å²) in [5, 5.41) is 9.41. The molecule has 1 aliphatic heterocycles. The lowest BCUT2D eigenvalue weighted by Gasteiger charge is -2.12. The molecule has 4 heteroatoms. The molecule has 1 unspecified atom stereocenters. The van der Waals surface area contributed by atoms with E-state index in [-0.39, 0.29) is 5.97 Å². The Balaban J connectivity index is 2.09. The van der Waals surface area contributed by atoms with Gasteiger partial charge < -0.3 is 14.6 Å². The Morgan fingerprint density at radius 3 is 3.00 bits per heavy atom. The van der Waals surface area contributed by atoms with E-state index >= 15 is 0 Å². The van der Waals surface area contributed by atoms with Crippen molar-refractivity contribution in [2.24, 2.45) is 0 Å². The van der Waals surface area contributed by atoms with Crippen LogP contribution in [0, 0.1) is 0 Å². The summed E-state index contributed by atoms with van der Waals surface area (Å²) in [5.41, 5.74) is 0.767. The molecule has 1 aromatic rings. The van der Waals surface area contributed by atoms with Gasteiger partial charge in [-0.05, 0) is 24.6 Å². The molecule has 0 aromatic heterocycles. The van der Waals surface area contributed by atoms with Gasteiger partial charge in [-0.3, -0.25) is 0 Å². The number of hydrogen-bond acceptors (Lipinski definition) is 4. The largest absolute Gasteiger partial charge is 0.479 e. The molecule has 2 rings (SSSR count). The van der Waals surface area contributed by atoms with E-state index in [0.717, 1.165) is 5.56 Å². The Labute approximate surface area is 93.8 Å². The van der Waals surface area contributed by atoms with Crippen molar-refractivity contribution in [3.8, 4) is 5.75 Å². The molecule has 0 bridgehead atoms. The fourth-order valence-electron chi connectivity index (χ4n) is 1.60. The first-order valence-electron chi connectivity index (χ1n) is 5.28. The van der Waals surface area contributed by atoms with Gasteiger partial charge in [0.1, 0.15) is 5.75 Å². The lowest BCUT2D eigenvalue weighted by molar-refractivity contribution is -0.143. The van der Waals surface area contributed by atoms with Gasteiger partial charge in [-0.2, -0.15) is 0 Å². The SMILES string of the molecule is C[C@@H](O)c1cccc(OC2CCOC2=O)c1. The zero-order chi connectivity index (χ0) is 11.5. The van der Waals surface area contributed by atoms with Crippen molar-refractivity contribution < 1.29 is 19.4 Å². The quantitative estimate of drug-likeness (QED) is 0.786. The van der Waals surface area contributed by atoms with Gasteiger partial charge in [-0.15, -0.1) is 0 Å². The van der Waals surface area contributed by atoms with Crippen LogP contribution in [0.5, 0.6) is 5.75 Å². The molecule has 1 heterocycles. The van der Waals surface area contributed by atoms with Gasteiger partial charge in [-0.1, -0.05) is 12.1 Å². The first kappa shape index (κ1) is 11.0. The maximum Gasteiger partial charge on any atom is 0.347 e. The van der Waals surface area contributed by atoms with Crippen molar-refractivity contribution in [1.82, 2.24) is 0 Å². The van der Waals surface area contributed by atoms with Crippen LogP contribution in [-0.2, 0) is 9.53 Å². The second-order valence-electron chi connectivity index (χ2n) is 3.81. The van der Waals surface area contributed by atoms with Crippen LogP contribution >= 0.6 is 0 Å². The second-order valence-corrected chi connectivity index (χ2v) is 3.81. The fourth-order valence-corrected chi connectivity index (χ4v) is 1.60. The topological polar surface area (TPSA) is 55.8 Å². The minimum Gasteiger partial charge on any atom is -0.479 e. The van der Waals surface area contributed by atoms with Gasteiger partial charge in [0.15, 0.2) is 6.10 Å². The maximum absolute atomic E-state index is 11.2. The zero-order valence-electron chi connectivity index (χ0n) is 9.05. The number of carbonyl (C=O) groups excluding carboxylic acids is 1. The van der Waals surface area contributed by atoms with Gasteiger partial charge in [0.2, 0.25) is 0 Å². The van der Waals surface area contributed by atoms with Crippen molar-refractivity contribution in [3.05, 3.63) is 29.8 Å². The van der Waals surface area contributed by atoms with Crippen molar-refractivity contribution >= 4 is 5.97 Å². The van der Waals surface area contributed by atoms with Gasteiger partial charge in [0, 0.05) is 6.42 Å². The number of carbonyl (C=O) groups is 1. The number of ether oxygens (including phenoxy) is 2. The number of aliphatic hydroxyl groups is 1. The molecule has 0 spiro atoms. The van der Waals surface area contributed by atoms with E-state index < -0.39 is 12.2 Å².